The van der Waals surface area contributed by atoms with Gasteiger partial charge in [-0.2, -0.15) is 0 Å². The highest BCUT2D eigenvalue weighted by Gasteiger charge is 2.04. The number of nitrogens with two attached hydrogens (primary N) is 1. The molecule has 0 unspecified atom stereocenters. The minimum absolute atomic E-state index is 0.473. The molecule has 0 spiro atoms. The lowest BCUT2D eigenvalue weighted by Crippen LogP contribution is -2.08. The first-order valence-electron chi connectivity index (χ1n) is 4.92. The highest BCUT2D eigenvalue weighted by molar-refractivity contribution is 5.32. The van der Waals surface area contributed by atoms with Crippen molar-refractivity contribution in [2.45, 2.75) is 27.3 Å². The predicted molar refractivity (Wildman–Crippen MR) is 57.2 cm³/mol. The summed E-state index contributed by atoms with van der Waals surface area (Å²) in [4.78, 5) is 4.18. The Morgan fingerprint density at radius 1 is 1.50 bits per heavy atom. The lowest BCUT2D eigenvalue weighted by molar-refractivity contribution is 0.268. The van der Waals surface area contributed by atoms with Gasteiger partial charge in [0.2, 0.25) is 0 Å². The third-order valence-corrected chi connectivity index (χ3v) is 1.87. The third-order valence-electron chi connectivity index (χ3n) is 1.87. The molecule has 0 aliphatic heterocycles. The molecule has 0 aliphatic carbocycles. The van der Waals surface area contributed by atoms with Crippen LogP contribution in [0.25, 0.3) is 0 Å². The Hall–Kier alpha value is -1.09. The molecule has 1 rings (SSSR count). The zero-order valence-corrected chi connectivity index (χ0v) is 9.08. The van der Waals surface area contributed by atoms with E-state index in [-0.39, 0.29) is 0 Å². The maximum Gasteiger partial charge on any atom is 0.127 e. The molecule has 0 aromatic carbocycles. The summed E-state index contributed by atoms with van der Waals surface area (Å²) in [6.45, 7) is 7.38. The molecule has 3 nitrogen and oxygen atoms in total. The van der Waals surface area contributed by atoms with E-state index in [0.717, 1.165) is 23.6 Å². The Balaban J connectivity index is 2.77. The minimum Gasteiger partial charge on any atom is -0.493 e. The van der Waals surface area contributed by atoms with Crippen molar-refractivity contribution in [3.63, 3.8) is 0 Å². The molecule has 0 aliphatic rings. The number of rotatable bonds is 4. The van der Waals surface area contributed by atoms with Gasteiger partial charge in [-0.15, -0.1) is 0 Å². The highest BCUT2D eigenvalue weighted by Crippen LogP contribution is 2.18. The maximum absolute atomic E-state index is 5.65. The first-order chi connectivity index (χ1) is 6.63. The molecule has 14 heavy (non-hydrogen) atoms. The Labute approximate surface area is 85.3 Å². The topological polar surface area (TPSA) is 48.1 Å². The summed E-state index contributed by atoms with van der Waals surface area (Å²) >= 11 is 0. The zero-order valence-electron chi connectivity index (χ0n) is 9.08. The first kappa shape index (κ1) is 11.0. The molecule has 0 fully saturated rings. The van der Waals surface area contributed by atoms with Gasteiger partial charge in [0.05, 0.1) is 6.61 Å². The van der Waals surface area contributed by atoms with E-state index in [0.29, 0.717) is 12.5 Å². The molecule has 0 radical (unpaired) electrons. The predicted octanol–water partition coefficient (Wildman–Crippen LogP) is 1.88. The van der Waals surface area contributed by atoms with Crippen molar-refractivity contribution in [3.8, 4) is 5.75 Å². The van der Waals surface area contributed by atoms with Crippen LogP contribution in [0, 0.1) is 12.8 Å². The van der Waals surface area contributed by atoms with E-state index in [9.17, 15) is 0 Å². The third kappa shape index (κ3) is 3.00. The van der Waals surface area contributed by atoms with Crippen LogP contribution in [0.15, 0.2) is 12.3 Å². The molecular formula is C11H18N2O. The van der Waals surface area contributed by atoms with E-state index in [1.807, 2.05) is 13.0 Å². The second-order valence-electron chi connectivity index (χ2n) is 3.84. The lowest BCUT2D eigenvalue weighted by Gasteiger charge is -2.12. The van der Waals surface area contributed by atoms with Crippen LogP contribution in [0.2, 0.25) is 0 Å². The Morgan fingerprint density at radius 3 is 2.79 bits per heavy atom. The average molecular weight is 194 g/mol. The molecule has 0 saturated heterocycles. The zero-order chi connectivity index (χ0) is 10.6. The van der Waals surface area contributed by atoms with Crippen LogP contribution in [0.1, 0.15) is 25.1 Å². The van der Waals surface area contributed by atoms with Gasteiger partial charge >= 0.3 is 0 Å². The summed E-state index contributed by atoms with van der Waals surface area (Å²) in [6, 6.07) is 1.94. The smallest absolute Gasteiger partial charge is 0.127 e. The van der Waals surface area contributed by atoms with Crippen molar-refractivity contribution in [2.24, 2.45) is 11.7 Å². The molecule has 0 amide bonds. The van der Waals surface area contributed by atoms with Crippen LogP contribution in [-0.2, 0) is 6.54 Å². The van der Waals surface area contributed by atoms with E-state index in [1.165, 1.54) is 0 Å². The molecule has 1 heterocycles. The number of pyridine rings is 1. The fraction of sp³-hybridized carbons (Fsp3) is 0.545. The van der Waals surface area contributed by atoms with Gasteiger partial charge in [0, 0.05) is 30.1 Å². The molecule has 0 atom stereocenters. The van der Waals surface area contributed by atoms with Crippen LogP contribution in [-0.4, -0.2) is 11.6 Å². The van der Waals surface area contributed by atoms with Gasteiger partial charge in [-0.05, 0) is 12.8 Å². The monoisotopic (exact) mass is 194 g/mol. The summed E-state index contributed by atoms with van der Waals surface area (Å²) < 4.78 is 5.65. The Kier molecular flexibility index (Phi) is 3.89. The van der Waals surface area contributed by atoms with Crippen LogP contribution in [0.5, 0.6) is 5.75 Å². The number of ether oxygens (including phenoxy) is 1. The second kappa shape index (κ2) is 4.96. The van der Waals surface area contributed by atoms with Gasteiger partial charge in [0.1, 0.15) is 5.75 Å². The van der Waals surface area contributed by atoms with Crippen molar-refractivity contribution >= 4 is 0 Å². The summed E-state index contributed by atoms with van der Waals surface area (Å²) in [6.07, 6.45) is 1.78. The quantitative estimate of drug-likeness (QED) is 0.796. The van der Waals surface area contributed by atoms with Crippen molar-refractivity contribution < 1.29 is 4.74 Å². The van der Waals surface area contributed by atoms with Gasteiger partial charge in [-0.25, -0.2) is 0 Å². The van der Waals surface area contributed by atoms with E-state index >= 15 is 0 Å². The number of aryl methyl sites for hydroxylation is 1. The van der Waals surface area contributed by atoms with Gasteiger partial charge in [0.15, 0.2) is 0 Å². The largest absolute Gasteiger partial charge is 0.493 e. The van der Waals surface area contributed by atoms with E-state index in [4.69, 9.17) is 10.5 Å². The molecule has 0 saturated carbocycles. The molecule has 1 aromatic rings. The highest BCUT2D eigenvalue weighted by atomic mass is 16.5. The van der Waals surface area contributed by atoms with Gasteiger partial charge in [0.25, 0.3) is 0 Å². The van der Waals surface area contributed by atoms with Crippen LogP contribution in [0.4, 0.5) is 0 Å². The van der Waals surface area contributed by atoms with Crippen molar-refractivity contribution in [1.82, 2.24) is 4.98 Å². The van der Waals surface area contributed by atoms with E-state index in [1.54, 1.807) is 6.20 Å². The lowest BCUT2D eigenvalue weighted by atomic mass is 10.2. The fourth-order valence-electron chi connectivity index (χ4n) is 1.11. The molecule has 1 aromatic heterocycles. The second-order valence-corrected chi connectivity index (χ2v) is 3.84. The minimum atomic E-state index is 0.473. The Bertz CT molecular complexity index is 297. The summed E-state index contributed by atoms with van der Waals surface area (Å²) in [5.41, 5.74) is 7.52. The fourth-order valence-corrected chi connectivity index (χ4v) is 1.11. The van der Waals surface area contributed by atoms with Crippen LogP contribution in [0.3, 0.4) is 0 Å². The number of aromatic nitrogens is 1. The van der Waals surface area contributed by atoms with E-state index in [2.05, 4.69) is 18.8 Å². The van der Waals surface area contributed by atoms with Gasteiger partial charge in [-0.3, -0.25) is 4.98 Å². The SMILES string of the molecule is Cc1cc(OCC(C)C)c(CN)cn1. The number of hydrogen-bond donors (Lipinski definition) is 1. The number of nitrogens with zero attached hydrogens (tertiary/aromatic N) is 1. The van der Waals surface area contributed by atoms with Crippen molar-refractivity contribution in [3.05, 3.63) is 23.5 Å². The molecule has 78 valence electrons. The maximum atomic E-state index is 5.65. The van der Waals surface area contributed by atoms with Crippen molar-refractivity contribution in [1.29, 1.82) is 0 Å². The summed E-state index contributed by atoms with van der Waals surface area (Å²) in [7, 11) is 0. The molecular weight excluding hydrogens is 176 g/mol. The van der Waals surface area contributed by atoms with Crippen LogP contribution >= 0.6 is 0 Å². The standard InChI is InChI=1S/C11H18N2O/c1-8(2)7-14-11-4-9(3)13-6-10(11)5-12/h4,6,8H,5,7,12H2,1-3H3. The van der Waals surface area contributed by atoms with E-state index < -0.39 is 0 Å². The summed E-state index contributed by atoms with van der Waals surface area (Å²) in [5.74, 6) is 1.39. The van der Waals surface area contributed by atoms with Gasteiger partial charge in [-0.1, -0.05) is 13.8 Å². The normalized spacial score (nSPS) is 10.6. The number of hydrogen-bond acceptors (Lipinski definition) is 3. The molecule has 2 N–H and O–H groups in total. The average Bonchev–Trinajstić information content (AvgIpc) is 2.15. The van der Waals surface area contributed by atoms with Crippen molar-refractivity contribution in [2.75, 3.05) is 6.61 Å². The summed E-state index contributed by atoms with van der Waals surface area (Å²) in [5, 5.41) is 0. The van der Waals surface area contributed by atoms with Crippen LogP contribution < -0.4 is 10.5 Å². The van der Waals surface area contributed by atoms with Gasteiger partial charge < -0.3 is 10.5 Å². The first-order valence-corrected chi connectivity index (χ1v) is 4.92. The Morgan fingerprint density at radius 2 is 2.21 bits per heavy atom. The molecule has 3 heteroatoms. The molecule has 0 bridgehead atoms.